The maximum absolute atomic E-state index is 13.5. The van der Waals surface area contributed by atoms with Crippen molar-refractivity contribution in [1.82, 2.24) is 14.7 Å². The fraction of sp³-hybridized carbons (Fsp3) is 0.533. The molecule has 4 rings (SSSR count). The molecule has 0 aromatic heterocycles. The molecule has 7 nitrogen and oxygen atoms in total. The van der Waals surface area contributed by atoms with Gasteiger partial charge in [0.1, 0.15) is 5.60 Å². The van der Waals surface area contributed by atoms with E-state index in [1.807, 2.05) is 57.0 Å². The molecule has 2 fully saturated rings. The largest absolute Gasteiger partial charge is 0.444 e. The molecular formula is C30H42N4O3. The molecule has 2 heterocycles. The summed E-state index contributed by atoms with van der Waals surface area (Å²) in [6, 6.07) is 18.7. The molecule has 2 aliphatic heterocycles. The molecule has 0 aliphatic carbocycles. The third-order valence-corrected chi connectivity index (χ3v) is 7.91. The van der Waals surface area contributed by atoms with Gasteiger partial charge in [0.2, 0.25) is 0 Å². The van der Waals surface area contributed by atoms with Gasteiger partial charge in [0.05, 0.1) is 0 Å². The first kappa shape index (κ1) is 27.0. The molecule has 2 aromatic rings. The molecule has 0 N–H and O–H groups in total. The minimum absolute atomic E-state index is 0.0530. The molecular weight excluding hydrogens is 464 g/mol. The Balaban J connectivity index is 1.40. The third kappa shape index (κ3) is 5.93. The summed E-state index contributed by atoms with van der Waals surface area (Å²) in [5, 5.41) is 0. The number of likely N-dealkylation sites (tertiary alicyclic amines) is 2. The highest BCUT2D eigenvalue weighted by Gasteiger charge is 2.39. The third-order valence-electron chi connectivity index (χ3n) is 7.91. The smallest absolute Gasteiger partial charge is 0.410 e. The second-order valence-electron chi connectivity index (χ2n) is 11.6. The zero-order valence-electron chi connectivity index (χ0n) is 23.2. The van der Waals surface area contributed by atoms with Crippen LogP contribution in [0.5, 0.6) is 0 Å². The fourth-order valence-corrected chi connectivity index (χ4v) is 5.62. The van der Waals surface area contributed by atoms with Crippen LogP contribution in [-0.4, -0.2) is 85.7 Å². The number of benzene rings is 2. The van der Waals surface area contributed by atoms with Gasteiger partial charge in [-0.15, -0.1) is 0 Å². The van der Waals surface area contributed by atoms with Crippen LogP contribution in [0, 0.1) is 0 Å². The Morgan fingerprint density at radius 2 is 1.59 bits per heavy atom. The van der Waals surface area contributed by atoms with Crippen LogP contribution in [0.4, 0.5) is 10.5 Å². The first-order valence-electron chi connectivity index (χ1n) is 13.3. The highest BCUT2D eigenvalue weighted by Crippen LogP contribution is 2.37. The zero-order valence-corrected chi connectivity index (χ0v) is 23.2. The van der Waals surface area contributed by atoms with Crippen molar-refractivity contribution in [3.63, 3.8) is 0 Å². The van der Waals surface area contributed by atoms with Crippen molar-refractivity contribution in [1.29, 1.82) is 0 Å². The highest BCUT2D eigenvalue weighted by atomic mass is 16.6. The fourth-order valence-electron chi connectivity index (χ4n) is 5.62. The lowest BCUT2D eigenvalue weighted by Crippen LogP contribution is -2.51. The van der Waals surface area contributed by atoms with E-state index in [2.05, 4.69) is 54.2 Å². The Labute approximate surface area is 222 Å². The van der Waals surface area contributed by atoms with Gasteiger partial charge in [0.15, 0.2) is 0 Å². The topological polar surface area (TPSA) is 56.3 Å². The van der Waals surface area contributed by atoms with Crippen LogP contribution in [0.15, 0.2) is 54.6 Å². The van der Waals surface area contributed by atoms with E-state index in [1.165, 1.54) is 5.56 Å². The van der Waals surface area contributed by atoms with Gasteiger partial charge in [-0.05, 0) is 77.9 Å². The maximum Gasteiger partial charge on any atom is 0.410 e. The summed E-state index contributed by atoms with van der Waals surface area (Å²) in [5.41, 5.74) is 2.46. The van der Waals surface area contributed by atoms with Crippen LogP contribution in [0.2, 0.25) is 0 Å². The molecule has 0 spiro atoms. The van der Waals surface area contributed by atoms with Gasteiger partial charge in [-0.1, -0.05) is 36.4 Å². The van der Waals surface area contributed by atoms with E-state index < -0.39 is 5.60 Å². The maximum atomic E-state index is 13.5. The van der Waals surface area contributed by atoms with E-state index in [0.29, 0.717) is 18.7 Å². The van der Waals surface area contributed by atoms with Crippen molar-refractivity contribution < 1.29 is 14.3 Å². The number of anilines is 1. The Morgan fingerprint density at radius 1 is 0.919 bits per heavy atom. The highest BCUT2D eigenvalue weighted by molar-refractivity contribution is 5.95. The van der Waals surface area contributed by atoms with E-state index >= 15 is 0 Å². The number of hydrogen-bond acceptors (Lipinski definition) is 5. The van der Waals surface area contributed by atoms with Crippen molar-refractivity contribution in [3.8, 4) is 0 Å². The molecule has 2 saturated heterocycles. The normalized spacial score (nSPS) is 19.7. The van der Waals surface area contributed by atoms with Crippen LogP contribution < -0.4 is 4.90 Å². The number of rotatable bonds is 5. The molecule has 2 aliphatic rings. The summed E-state index contributed by atoms with van der Waals surface area (Å²) in [5.74, 6) is 0.0810. The minimum Gasteiger partial charge on any atom is -0.444 e. The number of carbonyl (C=O) groups is 2. The molecule has 1 atom stereocenters. The standard InChI is InChI=1S/C30H42N4O3/c1-29(2,3)37-28(36)34-18-15-26(22-34)32(6)25-14-10-11-23(21-25)27(35)33-19-16-30(17-20-33,31(4)5)24-12-8-7-9-13-24/h7-14,21,26H,15-20,22H2,1-6H3. The first-order valence-corrected chi connectivity index (χ1v) is 13.3. The Bertz CT molecular complexity index is 1090. The SMILES string of the molecule is CN(c1cccc(C(=O)N2CCC(c3ccccc3)(N(C)C)CC2)c1)C1CCN(C(=O)OC(C)(C)C)C1. The van der Waals surface area contributed by atoms with Crippen molar-refractivity contribution in [2.24, 2.45) is 0 Å². The Hall–Kier alpha value is -3.06. The second-order valence-corrected chi connectivity index (χ2v) is 11.6. The van der Waals surface area contributed by atoms with Crippen LogP contribution in [0.25, 0.3) is 0 Å². The average molecular weight is 507 g/mol. The van der Waals surface area contributed by atoms with Gasteiger partial charge in [-0.25, -0.2) is 4.79 Å². The molecule has 0 bridgehead atoms. The molecule has 200 valence electrons. The summed E-state index contributed by atoms with van der Waals surface area (Å²) < 4.78 is 5.55. The summed E-state index contributed by atoms with van der Waals surface area (Å²) in [6.07, 6.45) is 2.41. The van der Waals surface area contributed by atoms with Crippen LogP contribution >= 0.6 is 0 Å². The molecule has 7 heteroatoms. The van der Waals surface area contributed by atoms with E-state index in [0.717, 1.165) is 38.0 Å². The minimum atomic E-state index is -0.502. The number of amides is 2. The predicted molar refractivity (Wildman–Crippen MR) is 148 cm³/mol. The van der Waals surface area contributed by atoms with Gasteiger partial charge < -0.3 is 19.4 Å². The summed E-state index contributed by atoms with van der Waals surface area (Å²) in [4.78, 5) is 34.3. The lowest BCUT2D eigenvalue weighted by Gasteiger charge is -2.46. The van der Waals surface area contributed by atoms with E-state index in [4.69, 9.17) is 4.74 Å². The Kier molecular flexibility index (Phi) is 7.83. The van der Waals surface area contributed by atoms with Gasteiger partial charge in [-0.2, -0.15) is 0 Å². The van der Waals surface area contributed by atoms with Gasteiger partial charge in [-0.3, -0.25) is 9.69 Å². The molecule has 37 heavy (non-hydrogen) atoms. The summed E-state index contributed by atoms with van der Waals surface area (Å²) in [6.45, 7) is 8.39. The van der Waals surface area contributed by atoms with Crippen molar-refractivity contribution in [3.05, 3.63) is 65.7 Å². The van der Waals surface area contributed by atoms with E-state index in [-0.39, 0.29) is 23.6 Å². The summed E-state index contributed by atoms with van der Waals surface area (Å²) in [7, 11) is 6.31. The van der Waals surface area contributed by atoms with E-state index in [1.54, 1.807) is 4.90 Å². The average Bonchev–Trinajstić information content (AvgIpc) is 3.38. The number of likely N-dealkylation sites (N-methyl/N-ethyl adjacent to an activating group) is 1. The number of ether oxygens (including phenoxy) is 1. The van der Waals surface area contributed by atoms with Gasteiger partial charge >= 0.3 is 6.09 Å². The molecule has 0 saturated carbocycles. The zero-order chi connectivity index (χ0) is 26.8. The van der Waals surface area contributed by atoms with Crippen LogP contribution in [0.1, 0.15) is 56.0 Å². The lowest BCUT2D eigenvalue weighted by molar-refractivity contribution is 0.0292. The lowest BCUT2D eigenvalue weighted by atomic mass is 9.79. The van der Waals surface area contributed by atoms with Gasteiger partial charge in [0.25, 0.3) is 5.91 Å². The van der Waals surface area contributed by atoms with Crippen LogP contribution in [-0.2, 0) is 10.3 Å². The first-order chi connectivity index (χ1) is 17.5. The number of hydrogen-bond donors (Lipinski definition) is 0. The van der Waals surface area contributed by atoms with Crippen molar-refractivity contribution in [2.45, 2.75) is 57.2 Å². The number of carbonyl (C=O) groups excluding carboxylic acids is 2. The predicted octanol–water partition coefficient (Wildman–Crippen LogP) is 4.83. The van der Waals surface area contributed by atoms with Crippen LogP contribution in [0.3, 0.4) is 0 Å². The number of nitrogens with zero attached hydrogens (tertiary/aromatic N) is 4. The number of piperidine rings is 1. The molecule has 2 aromatic carbocycles. The Morgan fingerprint density at radius 3 is 2.22 bits per heavy atom. The molecule has 0 radical (unpaired) electrons. The van der Waals surface area contributed by atoms with Crippen molar-refractivity contribution in [2.75, 3.05) is 52.2 Å². The monoisotopic (exact) mass is 506 g/mol. The molecule has 2 amide bonds. The second kappa shape index (κ2) is 10.7. The van der Waals surface area contributed by atoms with E-state index in [9.17, 15) is 9.59 Å². The summed E-state index contributed by atoms with van der Waals surface area (Å²) >= 11 is 0. The quantitative estimate of drug-likeness (QED) is 0.582. The van der Waals surface area contributed by atoms with Gasteiger partial charge in [0, 0.05) is 56.1 Å². The molecule has 1 unspecified atom stereocenters. The van der Waals surface area contributed by atoms with Crippen molar-refractivity contribution >= 4 is 17.7 Å².